The summed E-state index contributed by atoms with van der Waals surface area (Å²) in [6.45, 7) is 0. The molecule has 0 spiro atoms. The molecule has 7 heteroatoms. The van der Waals surface area contributed by atoms with E-state index in [1.807, 2.05) is 42.5 Å². The molecule has 154 valence electrons. The van der Waals surface area contributed by atoms with Crippen LogP contribution in [0.5, 0.6) is 0 Å². The van der Waals surface area contributed by atoms with Gasteiger partial charge >= 0.3 is 11.9 Å². The first-order chi connectivity index (χ1) is 14.6. The highest BCUT2D eigenvalue weighted by Gasteiger charge is 2.27. The van der Waals surface area contributed by atoms with Crippen LogP contribution >= 0.6 is 11.8 Å². The van der Waals surface area contributed by atoms with Gasteiger partial charge in [-0.15, -0.1) is 11.8 Å². The van der Waals surface area contributed by atoms with E-state index < -0.39 is 11.9 Å². The van der Waals surface area contributed by atoms with Gasteiger partial charge < -0.3 is 14.4 Å². The Kier molecular flexibility index (Phi) is 7.45. The normalized spacial score (nSPS) is 13.2. The molecule has 0 saturated carbocycles. The summed E-state index contributed by atoms with van der Waals surface area (Å²) in [6, 6.07) is 13.7. The molecule has 6 nitrogen and oxygen atoms in total. The highest BCUT2D eigenvalue weighted by molar-refractivity contribution is 7.99. The number of nitrogens with zero attached hydrogens (tertiary/aromatic N) is 2. The van der Waals surface area contributed by atoms with E-state index in [1.165, 1.54) is 20.3 Å². The van der Waals surface area contributed by atoms with Crippen molar-refractivity contribution in [3.63, 3.8) is 0 Å². The van der Waals surface area contributed by atoms with Crippen LogP contribution in [0.15, 0.2) is 89.3 Å². The monoisotopic (exact) mass is 422 g/mol. The summed E-state index contributed by atoms with van der Waals surface area (Å²) < 4.78 is 9.75. The van der Waals surface area contributed by atoms with E-state index >= 15 is 0 Å². The number of carbonyl (C=O) groups excluding carboxylic acids is 2. The minimum absolute atomic E-state index is 0.102. The molecule has 1 aliphatic heterocycles. The lowest BCUT2D eigenvalue weighted by Gasteiger charge is -2.23. The van der Waals surface area contributed by atoms with E-state index in [9.17, 15) is 9.59 Å². The molecule has 0 aliphatic carbocycles. The first-order valence-corrected chi connectivity index (χ1v) is 10.3. The molecule has 0 N–H and O–H groups in total. The summed E-state index contributed by atoms with van der Waals surface area (Å²) in [5.74, 6) is -0.327. The SMILES string of the molecule is COC(=O)C1=C(C(=O)OC)N(c2ccc(SCCc3ccccn3)cc2)C=CC=C1. The van der Waals surface area contributed by atoms with Gasteiger partial charge in [-0.3, -0.25) is 4.98 Å². The molecule has 0 unspecified atom stereocenters. The smallest absolute Gasteiger partial charge is 0.355 e. The fourth-order valence-electron chi connectivity index (χ4n) is 2.89. The first-order valence-electron chi connectivity index (χ1n) is 9.32. The standard InChI is InChI=1S/C23H22N2O4S/c1-28-22(26)20-8-4-6-15-25(21(20)23(27)29-2)18-9-11-19(12-10-18)30-16-13-17-7-3-5-14-24-17/h3-12,14-15H,13,16H2,1-2H3. The zero-order chi connectivity index (χ0) is 21.3. The Morgan fingerprint density at radius 2 is 1.77 bits per heavy atom. The number of pyridine rings is 1. The Bertz CT molecular complexity index is 982. The number of ether oxygens (including phenoxy) is 2. The van der Waals surface area contributed by atoms with Crippen molar-refractivity contribution in [1.82, 2.24) is 4.98 Å². The maximum Gasteiger partial charge on any atom is 0.355 e. The summed E-state index contributed by atoms with van der Waals surface area (Å²) in [5, 5.41) is 0. The fourth-order valence-corrected chi connectivity index (χ4v) is 3.76. The third-order valence-electron chi connectivity index (χ3n) is 4.36. The number of hydrogen-bond donors (Lipinski definition) is 0. The van der Waals surface area contributed by atoms with Crippen molar-refractivity contribution >= 4 is 29.4 Å². The third kappa shape index (κ3) is 5.18. The van der Waals surface area contributed by atoms with Gasteiger partial charge in [-0.05, 0) is 55.0 Å². The fraction of sp³-hybridized carbons (Fsp3) is 0.174. The molecule has 2 aromatic rings. The van der Waals surface area contributed by atoms with Crippen LogP contribution in [0, 0.1) is 0 Å². The molecule has 0 fully saturated rings. The molecule has 2 heterocycles. The molecule has 0 bridgehead atoms. The first kappa shape index (κ1) is 21.4. The van der Waals surface area contributed by atoms with Gasteiger partial charge in [0.15, 0.2) is 0 Å². The molecular formula is C23H22N2O4S. The largest absolute Gasteiger partial charge is 0.465 e. The van der Waals surface area contributed by atoms with Crippen molar-refractivity contribution in [3.05, 3.63) is 90.1 Å². The quantitative estimate of drug-likeness (QED) is 0.495. The maximum atomic E-state index is 12.5. The van der Waals surface area contributed by atoms with Crippen molar-refractivity contribution in [2.45, 2.75) is 11.3 Å². The van der Waals surface area contributed by atoms with Crippen molar-refractivity contribution < 1.29 is 19.1 Å². The molecule has 0 amide bonds. The van der Waals surface area contributed by atoms with Crippen LogP contribution in [0.2, 0.25) is 0 Å². The third-order valence-corrected chi connectivity index (χ3v) is 5.37. The summed E-state index contributed by atoms with van der Waals surface area (Å²) in [7, 11) is 2.56. The van der Waals surface area contributed by atoms with E-state index in [0.29, 0.717) is 0 Å². The van der Waals surface area contributed by atoms with Gasteiger partial charge in [0.25, 0.3) is 0 Å². The van der Waals surface area contributed by atoms with E-state index in [2.05, 4.69) is 4.98 Å². The van der Waals surface area contributed by atoms with E-state index in [0.717, 1.165) is 28.5 Å². The molecular weight excluding hydrogens is 400 g/mol. The highest BCUT2D eigenvalue weighted by atomic mass is 32.2. The van der Waals surface area contributed by atoms with Crippen LogP contribution in [-0.4, -0.2) is 36.9 Å². The topological polar surface area (TPSA) is 68.7 Å². The second-order valence-corrected chi connectivity index (χ2v) is 7.40. The second kappa shape index (κ2) is 10.5. The van der Waals surface area contributed by atoms with Gasteiger partial charge in [0.1, 0.15) is 5.70 Å². The Morgan fingerprint density at radius 3 is 2.43 bits per heavy atom. The predicted octanol–water partition coefficient (Wildman–Crippen LogP) is 3.91. The van der Waals surface area contributed by atoms with Crippen LogP contribution in [0.25, 0.3) is 0 Å². The van der Waals surface area contributed by atoms with Crippen molar-refractivity contribution in [3.8, 4) is 0 Å². The molecule has 0 atom stereocenters. The molecule has 3 rings (SSSR count). The minimum atomic E-state index is -0.625. The number of aromatic nitrogens is 1. The minimum Gasteiger partial charge on any atom is -0.465 e. The summed E-state index contributed by atoms with van der Waals surface area (Å²) >= 11 is 1.73. The summed E-state index contributed by atoms with van der Waals surface area (Å²) in [5.41, 5.74) is 2.02. The zero-order valence-corrected chi connectivity index (χ0v) is 17.6. The summed E-state index contributed by atoms with van der Waals surface area (Å²) in [4.78, 5) is 31.7. The number of thioether (sulfide) groups is 1. The maximum absolute atomic E-state index is 12.5. The van der Waals surface area contributed by atoms with Crippen LogP contribution < -0.4 is 4.90 Å². The van der Waals surface area contributed by atoms with E-state index in [-0.39, 0.29) is 11.3 Å². The van der Waals surface area contributed by atoms with Crippen LogP contribution in [0.3, 0.4) is 0 Å². The number of benzene rings is 1. The number of carbonyl (C=O) groups is 2. The lowest BCUT2D eigenvalue weighted by Crippen LogP contribution is -2.26. The van der Waals surface area contributed by atoms with Gasteiger partial charge in [0.2, 0.25) is 0 Å². The zero-order valence-electron chi connectivity index (χ0n) is 16.8. The van der Waals surface area contributed by atoms with Crippen molar-refractivity contribution in [2.75, 3.05) is 24.9 Å². The number of esters is 2. The van der Waals surface area contributed by atoms with Crippen LogP contribution in [-0.2, 0) is 25.5 Å². The number of rotatable bonds is 7. The average molecular weight is 423 g/mol. The molecule has 30 heavy (non-hydrogen) atoms. The van der Waals surface area contributed by atoms with Gasteiger partial charge in [-0.1, -0.05) is 12.1 Å². The average Bonchev–Trinajstić information content (AvgIpc) is 3.02. The molecule has 0 radical (unpaired) electrons. The van der Waals surface area contributed by atoms with Gasteiger partial charge in [-0.25, -0.2) is 9.59 Å². The predicted molar refractivity (Wildman–Crippen MR) is 117 cm³/mol. The van der Waals surface area contributed by atoms with Gasteiger partial charge in [0.05, 0.1) is 19.8 Å². The molecule has 0 saturated heterocycles. The number of allylic oxidation sites excluding steroid dienone is 2. The number of aryl methyl sites for hydroxylation is 1. The number of methoxy groups -OCH3 is 2. The number of anilines is 1. The highest BCUT2D eigenvalue weighted by Crippen LogP contribution is 2.28. The molecule has 1 aliphatic rings. The Hall–Kier alpha value is -3.32. The number of hydrogen-bond acceptors (Lipinski definition) is 7. The van der Waals surface area contributed by atoms with E-state index in [1.54, 1.807) is 41.2 Å². The summed E-state index contributed by atoms with van der Waals surface area (Å²) in [6.07, 6.45) is 9.35. The second-order valence-electron chi connectivity index (χ2n) is 6.23. The molecule has 1 aromatic carbocycles. The van der Waals surface area contributed by atoms with E-state index in [4.69, 9.17) is 9.47 Å². The molecule has 1 aromatic heterocycles. The van der Waals surface area contributed by atoms with Crippen LogP contribution in [0.1, 0.15) is 5.69 Å². The van der Waals surface area contributed by atoms with Gasteiger partial charge in [0, 0.05) is 34.4 Å². The van der Waals surface area contributed by atoms with Crippen molar-refractivity contribution in [1.29, 1.82) is 0 Å². The Labute approximate surface area is 179 Å². The lowest BCUT2D eigenvalue weighted by atomic mass is 10.1. The Morgan fingerprint density at radius 1 is 1.00 bits per heavy atom. The Balaban J connectivity index is 1.79. The van der Waals surface area contributed by atoms with Crippen LogP contribution in [0.4, 0.5) is 5.69 Å². The van der Waals surface area contributed by atoms with Crippen molar-refractivity contribution in [2.24, 2.45) is 0 Å². The van der Waals surface area contributed by atoms with Gasteiger partial charge in [-0.2, -0.15) is 0 Å². The lowest BCUT2D eigenvalue weighted by molar-refractivity contribution is -0.139.